The second-order valence-corrected chi connectivity index (χ2v) is 4.14. The minimum atomic E-state index is 0.262. The fourth-order valence-electron chi connectivity index (χ4n) is 1.51. The van der Waals surface area contributed by atoms with Gasteiger partial charge in [-0.15, -0.1) is 0 Å². The van der Waals surface area contributed by atoms with Gasteiger partial charge in [0, 0.05) is 20.3 Å². The largest absolute Gasteiger partial charge is 0.465 e. The van der Waals surface area contributed by atoms with Crippen LogP contribution in [0, 0.1) is 12.8 Å². The van der Waals surface area contributed by atoms with Crippen LogP contribution in [0.2, 0.25) is 0 Å². The number of hydrogen-bond donors (Lipinski definition) is 1. The highest BCUT2D eigenvalue weighted by atomic mass is 16.5. The molecule has 0 aromatic carbocycles. The molecule has 15 heavy (non-hydrogen) atoms. The van der Waals surface area contributed by atoms with Crippen LogP contribution in [-0.4, -0.2) is 20.3 Å². The molecule has 1 heterocycles. The van der Waals surface area contributed by atoms with Gasteiger partial charge >= 0.3 is 0 Å². The molecule has 0 saturated heterocycles. The predicted octanol–water partition coefficient (Wildman–Crippen LogP) is 2.52. The maximum absolute atomic E-state index is 5.54. The molecule has 1 rings (SSSR count). The van der Waals surface area contributed by atoms with Crippen molar-refractivity contribution in [2.75, 3.05) is 20.3 Å². The highest BCUT2D eigenvalue weighted by molar-refractivity contribution is 5.08. The van der Waals surface area contributed by atoms with Crippen molar-refractivity contribution in [1.29, 1.82) is 0 Å². The van der Waals surface area contributed by atoms with Crippen molar-refractivity contribution in [3.05, 3.63) is 23.7 Å². The summed E-state index contributed by atoms with van der Waals surface area (Å²) in [5.41, 5.74) is 0. The fourth-order valence-corrected chi connectivity index (χ4v) is 1.51. The second kappa shape index (κ2) is 5.93. The normalized spacial score (nSPS) is 15.2. The topological polar surface area (TPSA) is 34.4 Å². The van der Waals surface area contributed by atoms with E-state index in [1.54, 1.807) is 7.11 Å². The van der Waals surface area contributed by atoms with E-state index in [0.717, 1.165) is 24.7 Å². The molecule has 3 nitrogen and oxygen atoms in total. The molecular formula is C12H21NO2. The van der Waals surface area contributed by atoms with E-state index in [0.29, 0.717) is 5.92 Å². The van der Waals surface area contributed by atoms with Crippen molar-refractivity contribution >= 4 is 0 Å². The van der Waals surface area contributed by atoms with Crippen LogP contribution >= 0.6 is 0 Å². The number of nitrogens with one attached hydrogen (secondary N) is 1. The Hall–Kier alpha value is -0.800. The third kappa shape index (κ3) is 4.06. The van der Waals surface area contributed by atoms with E-state index >= 15 is 0 Å². The third-order valence-electron chi connectivity index (χ3n) is 2.41. The van der Waals surface area contributed by atoms with Gasteiger partial charge in [0.1, 0.15) is 11.5 Å². The average molecular weight is 211 g/mol. The molecular weight excluding hydrogens is 190 g/mol. The summed E-state index contributed by atoms with van der Waals surface area (Å²) in [6, 6.07) is 4.28. The predicted molar refractivity (Wildman–Crippen MR) is 60.9 cm³/mol. The lowest BCUT2D eigenvalue weighted by atomic mass is 10.2. The average Bonchev–Trinajstić information content (AvgIpc) is 2.62. The van der Waals surface area contributed by atoms with Crippen LogP contribution in [0.25, 0.3) is 0 Å². The van der Waals surface area contributed by atoms with Gasteiger partial charge in [-0.05, 0) is 31.9 Å². The smallest absolute Gasteiger partial charge is 0.120 e. The molecule has 2 atom stereocenters. The van der Waals surface area contributed by atoms with Gasteiger partial charge in [-0.1, -0.05) is 6.92 Å². The molecule has 0 radical (unpaired) electrons. The van der Waals surface area contributed by atoms with Crippen molar-refractivity contribution in [2.24, 2.45) is 5.92 Å². The van der Waals surface area contributed by atoms with Gasteiger partial charge < -0.3 is 14.5 Å². The van der Waals surface area contributed by atoms with Crippen molar-refractivity contribution in [3.63, 3.8) is 0 Å². The summed E-state index contributed by atoms with van der Waals surface area (Å²) in [5.74, 6) is 2.48. The summed E-state index contributed by atoms with van der Waals surface area (Å²) in [6.45, 7) is 7.96. The van der Waals surface area contributed by atoms with Crippen molar-refractivity contribution < 1.29 is 9.15 Å². The Morgan fingerprint density at radius 1 is 1.40 bits per heavy atom. The summed E-state index contributed by atoms with van der Waals surface area (Å²) < 4.78 is 10.6. The SMILES string of the molecule is COCC(C)CNC(C)c1ccc(C)o1. The van der Waals surface area contributed by atoms with E-state index in [4.69, 9.17) is 9.15 Å². The molecule has 0 spiro atoms. The van der Waals surface area contributed by atoms with Crippen LogP contribution in [-0.2, 0) is 4.74 Å². The molecule has 86 valence electrons. The number of methoxy groups -OCH3 is 1. The van der Waals surface area contributed by atoms with E-state index in [-0.39, 0.29) is 6.04 Å². The van der Waals surface area contributed by atoms with E-state index in [1.165, 1.54) is 0 Å². The summed E-state index contributed by atoms with van der Waals surface area (Å²) in [5, 5.41) is 3.42. The summed E-state index contributed by atoms with van der Waals surface area (Å²) >= 11 is 0. The quantitative estimate of drug-likeness (QED) is 0.785. The highest BCUT2D eigenvalue weighted by Crippen LogP contribution is 2.15. The van der Waals surface area contributed by atoms with Gasteiger partial charge in [0.2, 0.25) is 0 Å². The molecule has 1 aromatic heterocycles. The molecule has 1 aromatic rings. The van der Waals surface area contributed by atoms with Crippen LogP contribution in [0.3, 0.4) is 0 Å². The third-order valence-corrected chi connectivity index (χ3v) is 2.41. The van der Waals surface area contributed by atoms with E-state index in [9.17, 15) is 0 Å². The number of aryl methyl sites for hydroxylation is 1. The Morgan fingerprint density at radius 2 is 2.13 bits per heavy atom. The van der Waals surface area contributed by atoms with Crippen LogP contribution in [0.1, 0.15) is 31.4 Å². The van der Waals surface area contributed by atoms with Gasteiger partial charge in [0.25, 0.3) is 0 Å². The second-order valence-electron chi connectivity index (χ2n) is 4.14. The minimum Gasteiger partial charge on any atom is -0.465 e. The van der Waals surface area contributed by atoms with Crippen molar-refractivity contribution in [2.45, 2.75) is 26.8 Å². The van der Waals surface area contributed by atoms with Crippen LogP contribution in [0.15, 0.2) is 16.5 Å². The number of rotatable bonds is 6. The minimum absolute atomic E-state index is 0.262. The van der Waals surface area contributed by atoms with Gasteiger partial charge in [-0.2, -0.15) is 0 Å². The zero-order valence-corrected chi connectivity index (χ0v) is 10.0. The standard InChI is InChI=1S/C12H21NO2/c1-9(8-14-4)7-13-11(3)12-6-5-10(2)15-12/h5-6,9,11,13H,7-8H2,1-4H3. The maximum Gasteiger partial charge on any atom is 0.120 e. The molecule has 3 heteroatoms. The van der Waals surface area contributed by atoms with Gasteiger partial charge in [-0.25, -0.2) is 0 Å². The molecule has 0 aliphatic heterocycles. The lowest BCUT2D eigenvalue weighted by molar-refractivity contribution is 0.156. The Kier molecular flexibility index (Phi) is 4.85. The van der Waals surface area contributed by atoms with Gasteiger partial charge in [-0.3, -0.25) is 0 Å². The molecule has 0 fully saturated rings. The molecule has 0 saturated carbocycles. The summed E-state index contributed by atoms with van der Waals surface area (Å²) in [6.07, 6.45) is 0. The first-order valence-electron chi connectivity index (χ1n) is 5.42. The van der Waals surface area contributed by atoms with Gasteiger partial charge in [0.15, 0.2) is 0 Å². The number of furan rings is 1. The van der Waals surface area contributed by atoms with E-state index in [2.05, 4.69) is 19.2 Å². The Labute approximate surface area is 91.8 Å². The molecule has 0 amide bonds. The molecule has 0 aliphatic carbocycles. The Balaban J connectivity index is 2.33. The number of ether oxygens (including phenoxy) is 1. The first-order chi connectivity index (χ1) is 7.13. The fraction of sp³-hybridized carbons (Fsp3) is 0.667. The maximum atomic E-state index is 5.54. The molecule has 0 aliphatic rings. The highest BCUT2D eigenvalue weighted by Gasteiger charge is 2.10. The Bertz CT molecular complexity index is 283. The first kappa shape index (κ1) is 12.3. The zero-order chi connectivity index (χ0) is 11.3. The van der Waals surface area contributed by atoms with Crippen LogP contribution < -0.4 is 5.32 Å². The van der Waals surface area contributed by atoms with Crippen molar-refractivity contribution in [3.8, 4) is 0 Å². The summed E-state index contributed by atoms with van der Waals surface area (Å²) in [7, 11) is 1.73. The monoisotopic (exact) mass is 211 g/mol. The van der Waals surface area contributed by atoms with Crippen molar-refractivity contribution in [1.82, 2.24) is 5.32 Å². The van der Waals surface area contributed by atoms with Gasteiger partial charge in [0.05, 0.1) is 6.04 Å². The molecule has 1 N–H and O–H groups in total. The zero-order valence-electron chi connectivity index (χ0n) is 10.0. The molecule has 0 bridgehead atoms. The first-order valence-corrected chi connectivity index (χ1v) is 5.42. The molecule has 2 unspecified atom stereocenters. The number of hydrogen-bond acceptors (Lipinski definition) is 3. The van der Waals surface area contributed by atoms with E-state index in [1.807, 2.05) is 19.1 Å². The van der Waals surface area contributed by atoms with E-state index < -0.39 is 0 Å². The lowest BCUT2D eigenvalue weighted by Crippen LogP contribution is -2.26. The summed E-state index contributed by atoms with van der Waals surface area (Å²) in [4.78, 5) is 0. The Morgan fingerprint density at radius 3 is 2.67 bits per heavy atom. The van der Waals surface area contributed by atoms with Crippen LogP contribution in [0.5, 0.6) is 0 Å². The lowest BCUT2D eigenvalue weighted by Gasteiger charge is -2.15. The van der Waals surface area contributed by atoms with Crippen LogP contribution in [0.4, 0.5) is 0 Å².